The molecule has 19 heavy (non-hydrogen) atoms. The minimum Gasteiger partial charge on any atom is -0.352 e. The quantitative estimate of drug-likeness (QED) is 0.824. The van der Waals surface area contributed by atoms with Crippen molar-refractivity contribution in [3.05, 3.63) is 46.8 Å². The van der Waals surface area contributed by atoms with Crippen molar-refractivity contribution >= 4 is 17.5 Å². The number of hydrogen-bond donors (Lipinski definition) is 2. The lowest BCUT2D eigenvalue weighted by molar-refractivity contribution is 0.0953. The van der Waals surface area contributed by atoms with Crippen molar-refractivity contribution in [3.8, 4) is 0 Å². The first-order valence-electron chi connectivity index (χ1n) is 5.74. The summed E-state index contributed by atoms with van der Waals surface area (Å²) in [6.45, 7) is 0.495. The number of aromatic amines is 1. The van der Waals surface area contributed by atoms with Gasteiger partial charge in [-0.1, -0.05) is 11.6 Å². The lowest BCUT2D eigenvalue weighted by atomic mass is 10.2. The second-order valence-corrected chi connectivity index (χ2v) is 4.33. The van der Waals surface area contributed by atoms with Crippen molar-refractivity contribution in [2.45, 2.75) is 12.8 Å². The highest BCUT2D eigenvalue weighted by atomic mass is 35.5. The van der Waals surface area contributed by atoms with E-state index in [1.807, 2.05) is 0 Å². The Kier molecular flexibility index (Phi) is 4.46. The van der Waals surface area contributed by atoms with E-state index in [-0.39, 0.29) is 10.9 Å². The lowest BCUT2D eigenvalue weighted by Gasteiger charge is -2.05. The van der Waals surface area contributed by atoms with Crippen LogP contribution in [0.4, 0.5) is 4.39 Å². The number of carbonyl (C=O) groups is 1. The molecule has 0 aliphatic heterocycles. The number of hydrogen-bond acceptors (Lipinski definition) is 3. The first-order valence-corrected chi connectivity index (χ1v) is 6.12. The molecular weight excluding hydrogens is 271 g/mol. The predicted molar refractivity (Wildman–Crippen MR) is 68.4 cm³/mol. The van der Waals surface area contributed by atoms with E-state index >= 15 is 0 Å². The molecule has 1 aromatic carbocycles. The van der Waals surface area contributed by atoms with Crippen molar-refractivity contribution in [2.75, 3.05) is 6.54 Å². The Morgan fingerprint density at radius 1 is 1.47 bits per heavy atom. The third-order valence-electron chi connectivity index (χ3n) is 2.52. The van der Waals surface area contributed by atoms with Crippen LogP contribution in [0.15, 0.2) is 24.5 Å². The van der Waals surface area contributed by atoms with Crippen LogP contribution in [0.3, 0.4) is 0 Å². The number of nitrogens with zero attached hydrogens (tertiary/aromatic N) is 2. The molecule has 0 unspecified atom stereocenters. The standard InChI is InChI=1S/C12H12ClFN4O/c13-9-6-8(3-4-10(9)14)12(19)15-5-1-2-11-16-7-17-18-11/h3-4,6-7H,1-2,5H2,(H,15,19)(H,16,17,18). The van der Waals surface area contributed by atoms with Gasteiger partial charge in [-0.05, 0) is 24.6 Å². The molecule has 1 amide bonds. The summed E-state index contributed by atoms with van der Waals surface area (Å²) in [5, 5.41) is 9.13. The van der Waals surface area contributed by atoms with Crippen molar-refractivity contribution in [1.29, 1.82) is 0 Å². The molecule has 2 rings (SSSR count). The SMILES string of the molecule is O=C(NCCCc1ncn[nH]1)c1ccc(F)c(Cl)c1. The van der Waals surface area contributed by atoms with Crippen LogP contribution in [0.2, 0.25) is 5.02 Å². The highest BCUT2D eigenvalue weighted by Crippen LogP contribution is 2.15. The van der Waals surface area contributed by atoms with Crippen LogP contribution < -0.4 is 5.32 Å². The van der Waals surface area contributed by atoms with Gasteiger partial charge in [-0.15, -0.1) is 0 Å². The zero-order chi connectivity index (χ0) is 13.7. The molecule has 1 aromatic heterocycles. The van der Waals surface area contributed by atoms with Gasteiger partial charge in [0.1, 0.15) is 18.0 Å². The van der Waals surface area contributed by atoms with Crippen molar-refractivity contribution in [2.24, 2.45) is 0 Å². The Hall–Kier alpha value is -1.95. The fraction of sp³-hybridized carbons (Fsp3) is 0.250. The van der Waals surface area contributed by atoms with Crippen LogP contribution in [0.25, 0.3) is 0 Å². The molecule has 0 radical (unpaired) electrons. The van der Waals surface area contributed by atoms with Gasteiger partial charge in [-0.2, -0.15) is 5.10 Å². The first-order chi connectivity index (χ1) is 9.16. The van der Waals surface area contributed by atoms with Crippen LogP contribution in [0.1, 0.15) is 22.6 Å². The average molecular weight is 283 g/mol. The van der Waals surface area contributed by atoms with E-state index < -0.39 is 5.82 Å². The highest BCUT2D eigenvalue weighted by Gasteiger charge is 2.08. The minimum absolute atomic E-state index is 0.0608. The zero-order valence-electron chi connectivity index (χ0n) is 9.99. The monoisotopic (exact) mass is 282 g/mol. The fourth-order valence-corrected chi connectivity index (χ4v) is 1.73. The molecule has 2 aromatic rings. The van der Waals surface area contributed by atoms with Crippen molar-refractivity contribution in [1.82, 2.24) is 20.5 Å². The third kappa shape index (κ3) is 3.75. The molecule has 2 N–H and O–H groups in total. The second-order valence-electron chi connectivity index (χ2n) is 3.92. The summed E-state index contributed by atoms with van der Waals surface area (Å²) in [5.41, 5.74) is 0.339. The first kappa shape index (κ1) is 13.5. The fourth-order valence-electron chi connectivity index (χ4n) is 1.55. The number of benzene rings is 1. The highest BCUT2D eigenvalue weighted by molar-refractivity contribution is 6.31. The predicted octanol–water partition coefficient (Wildman–Crippen LogP) is 1.96. The Bertz CT molecular complexity index is 559. The summed E-state index contributed by atoms with van der Waals surface area (Å²) in [5.74, 6) is -0.0397. The smallest absolute Gasteiger partial charge is 0.251 e. The Morgan fingerprint density at radius 3 is 3.00 bits per heavy atom. The van der Waals surface area contributed by atoms with Crippen molar-refractivity contribution < 1.29 is 9.18 Å². The molecule has 0 fully saturated rings. The largest absolute Gasteiger partial charge is 0.352 e. The molecule has 100 valence electrons. The molecule has 0 saturated carbocycles. The van der Waals surface area contributed by atoms with Crippen LogP contribution >= 0.6 is 11.6 Å². The molecule has 0 aliphatic rings. The van der Waals surface area contributed by atoms with E-state index in [1.54, 1.807) is 0 Å². The number of halogens is 2. The molecule has 0 atom stereocenters. The number of rotatable bonds is 5. The topological polar surface area (TPSA) is 70.7 Å². The van der Waals surface area contributed by atoms with Gasteiger partial charge >= 0.3 is 0 Å². The molecule has 0 saturated heterocycles. The van der Waals surface area contributed by atoms with Crippen LogP contribution in [-0.2, 0) is 6.42 Å². The average Bonchev–Trinajstić information content (AvgIpc) is 2.91. The van der Waals surface area contributed by atoms with Crippen LogP contribution in [-0.4, -0.2) is 27.6 Å². The van der Waals surface area contributed by atoms with Gasteiger partial charge in [0, 0.05) is 18.5 Å². The summed E-state index contributed by atoms with van der Waals surface area (Å²) >= 11 is 5.61. The number of nitrogens with one attached hydrogen (secondary N) is 2. The van der Waals surface area contributed by atoms with Gasteiger partial charge in [-0.3, -0.25) is 9.89 Å². The number of aryl methyl sites for hydroxylation is 1. The molecule has 0 spiro atoms. The molecule has 1 heterocycles. The van der Waals surface area contributed by atoms with E-state index in [0.717, 1.165) is 12.2 Å². The summed E-state index contributed by atoms with van der Waals surface area (Å²) in [6, 6.07) is 3.88. The summed E-state index contributed by atoms with van der Waals surface area (Å²) < 4.78 is 12.9. The second kappa shape index (κ2) is 6.29. The number of aromatic nitrogens is 3. The van der Waals surface area contributed by atoms with Crippen LogP contribution in [0.5, 0.6) is 0 Å². The maximum absolute atomic E-state index is 12.9. The molecular formula is C12H12ClFN4O. The lowest BCUT2D eigenvalue weighted by Crippen LogP contribution is -2.24. The molecule has 7 heteroatoms. The van der Waals surface area contributed by atoms with Gasteiger partial charge in [-0.25, -0.2) is 9.37 Å². The molecule has 0 aliphatic carbocycles. The summed E-state index contributed by atoms with van der Waals surface area (Å²) in [7, 11) is 0. The van der Waals surface area contributed by atoms with Crippen LogP contribution in [0, 0.1) is 5.82 Å². The van der Waals surface area contributed by atoms with E-state index in [9.17, 15) is 9.18 Å². The molecule has 5 nitrogen and oxygen atoms in total. The van der Waals surface area contributed by atoms with Crippen molar-refractivity contribution in [3.63, 3.8) is 0 Å². The van der Waals surface area contributed by atoms with E-state index in [0.29, 0.717) is 18.5 Å². The Labute approximate surface area is 114 Å². The summed E-state index contributed by atoms with van der Waals surface area (Å²) in [6.07, 6.45) is 2.87. The van der Waals surface area contributed by atoms with E-state index in [2.05, 4.69) is 20.5 Å². The number of carbonyl (C=O) groups excluding carboxylic acids is 1. The number of amides is 1. The summed E-state index contributed by atoms with van der Waals surface area (Å²) in [4.78, 5) is 15.7. The van der Waals surface area contributed by atoms with Gasteiger partial charge in [0.25, 0.3) is 5.91 Å². The number of H-pyrrole nitrogens is 1. The minimum atomic E-state index is -0.538. The van der Waals surface area contributed by atoms with Gasteiger partial charge in [0.05, 0.1) is 5.02 Å². The van der Waals surface area contributed by atoms with Gasteiger partial charge < -0.3 is 5.32 Å². The van der Waals surface area contributed by atoms with Gasteiger partial charge in [0.15, 0.2) is 0 Å². The normalized spacial score (nSPS) is 10.4. The third-order valence-corrected chi connectivity index (χ3v) is 2.81. The Morgan fingerprint density at radius 2 is 2.32 bits per heavy atom. The zero-order valence-corrected chi connectivity index (χ0v) is 10.7. The maximum atomic E-state index is 12.9. The van der Waals surface area contributed by atoms with Gasteiger partial charge in [0.2, 0.25) is 0 Å². The van der Waals surface area contributed by atoms with E-state index in [1.165, 1.54) is 24.5 Å². The Balaban J connectivity index is 1.79. The van der Waals surface area contributed by atoms with E-state index in [4.69, 9.17) is 11.6 Å². The maximum Gasteiger partial charge on any atom is 0.251 e. The molecule has 0 bridgehead atoms.